The second-order valence-corrected chi connectivity index (χ2v) is 18.4. The van der Waals surface area contributed by atoms with Crippen LogP contribution in [0.15, 0.2) is 4.42 Å². The number of hydrogen-bond acceptors (Lipinski definition) is 4. The zero-order valence-electron chi connectivity index (χ0n) is 40.9. The van der Waals surface area contributed by atoms with Gasteiger partial charge in [0.1, 0.15) is 231 Å². The average Bonchev–Trinajstić information content (AvgIpc) is 4.22. The Labute approximate surface area is 488 Å². The Morgan fingerprint density at radius 3 is 0.859 bits per heavy atom. The van der Waals surface area contributed by atoms with Gasteiger partial charge in [-0.05, 0) is 32.8 Å². The van der Waals surface area contributed by atoms with E-state index in [1.807, 2.05) is 0 Å². The van der Waals surface area contributed by atoms with Gasteiger partial charge in [0.25, 0.3) is 0 Å². The molecule has 0 spiro atoms. The van der Waals surface area contributed by atoms with Crippen molar-refractivity contribution in [2.75, 3.05) is 0 Å². The number of nitrogens with zero attached hydrogens (tertiary/aromatic N) is 4. The Bertz CT molecular complexity index is 4320. The Balaban J connectivity index is 1.34. The van der Waals surface area contributed by atoms with Gasteiger partial charge in [-0.2, -0.15) is 0 Å². The van der Waals surface area contributed by atoms with E-state index >= 15 is 0 Å². The predicted octanol–water partition coefficient (Wildman–Crippen LogP) is -22.2. The van der Waals surface area contributed by atoms with Crippen LogP contribution in [-0.2, 0) is 0 Å². The summed E-state index contributed by atoms with van der Waals surface area (Å²) >= 11 is 0. The smallest absolute Gasteiger partial charge is 0.163 e. The van der Waals surface area contributed by atoms with E-state index in [0.717, 1.165) is 0 Å². The molecule has 7 aromatic carbocycles. The Morgan fingerprint density at radius 2 is 0.449 bits per heavy atom. The highest BCUT2D eigenvalue weighted by Crippen LogP contribution is 2.31. The van der Waals surface area contributed by atoms with E-state index in [1.165, 1.54) is 4.57 Å². The molecular weight excluding hydrogens is 915 g/mol. The number of furan rings is 1. The van der Waals surface area contributed by atoms with Crippen molar-refractivity contribution in [3.63, 3.8) is 0 Å². The molecule has 10 aromatic rings. The van der Waals surface area contributed by atoms with Gasteiger partial charge < -0.3 is 8.98 Å². The van der Waals surface area contributed by atoms with Crippen LogP contribution in [0.2, 0.25) is 0 Å². The Hall–Kier alpha value is -5.03. The summed E-state index contributed by atoms with van der Waals surface area (Å²) in [4.78, 5) is 14.0. The number of aromatic nitrogens is 4. The number of hydrogen-bond donors (Lipinski definition) is 0. The number of benzene rings is 7. The van der Waals surface area contributed by atoms with E-state index in [-0.39, 0.29) is 248 Å². The molecular formula is C45B28N4O. The molecule has 0 N–H and O–H groups in total. The third kappa shape index (κ3) is 7.52. The molecule has 56 radical (unpaired) electrons. The van der Waals surface area contributed by atoms with Crippen LogP contribution in [0.5, 0.6) is 0 Å². The Morgan fingerprint density at radius 1 is 0.205 bits per heavy atom. The lowest BCUT2D eigenvalue weighted by molar-refractivity contribution is 0.674. The minimum atomic E-state index is -0.315. The summed E-state index contributed by atoms with van der Waals surface area (Å²) in [7, 11) is 185. The highest BCUT2D eigenvalue weighted by Gasteiger charge is 2.31. The van der Waals surface area contributed by atoms with Crippen molar-refractivity contribution in [1.82, 2.24) is 19.5 Å². The van der Waals surface area contributed by atoms with Crippen molar-refractivity contribution in [2.24, 2.45) is 0 Å². The molecule has 0 unspecified atom stereocenters. The zero-order chi connectivity index (χ0) is 57.4. The molecule has 0 saturated carbocycles. The molecule has 10 rings (SSSR count). The van der Waals surface area contributed by atoms with E-state index in [1.54, 1.807) is 0 Å². The minimum Gasteiger partial charge on any atom is -0.457 e. The molecule has 0 bridgehead atoms. The van der Waals surface area contributed by atoms with Crippen LogP contribution < -0.4 is 153 Å². The molecule has 0 amide bonds. The summed E-state index contributed by atoms with van der Waals surface area (Å²) in [6.45, 7) is 0. The van der Waals surface area contributed by atoms with Gasteiger partial charge in [-0.3, -0.25) is 0 Å². The summed E-state index contributed by atoms with van der Waals surface area (Å²) in [6, 6.07) is 0. The molecule has 0 fully saturated rings. The highest BCUT2D eigenvalue weighted by molar-refractivity contribution is 6.75. The topological polar surface area (TPSA) is 56.7 Å². The first-order valence-corrected chi connectivity index (χ1v) is 22.5. The van der Waals surface area contributed by atoms with Crippen LogP contribution in [0, 0.1) is 0 Å². The van der Waals surface area contributed by atoms with Crippen LogP contribution in [0.25, 0.3) is 94.7 Å². The zero-order valence-corrected chi connectivity index (χ0v) is 40.9. The van der Waals surface area contributed by atoms with Crippen LogP contribution in [0.4, 0.5) is 0 Å². The van der Waals surface area contributed by atoms with Gasteiger partial charge in [0.2, 0.25) is 0 Å². The van der Waals surface area contributed by atoms with Gasteiger partial charge >= 0.3 is 0 Å². The SMILES string of the molecule is [B]c1c([B])c([B])c(-c2nc(-c3c([B])c([B])c([B])c([B])c3[B])nc(-c3c([B])c([B])c4c(oc5c([B])c(-n6c7c([B])c([B])c([B])c([B])c7c7c([B])c([B])c(-c8c([B])c([B])c([B])c([B])c8[B])c([B])c76)c([B])c([B])c54)c3[B])n2)c([B])c1[B]. The van der Waals surface area contributed by atoms with Crippen molar-refractivity contribution in [3.05, 3.63) is 0 Å². The van der Waals surface area contributed by atoms with E-state index in [9.17, 15) is 0 Å². The molecule has 5 nitrogen and oxygen atoms in total. The maximum atomic E-state index is 7.22. The monoisotopic (exact) mass is 920 g/mol. The fourth-order valence-electron chi connectivity index (χ4n) is 10.0. The van der Waals surface area contributed by atoms with E-state index < -0.39 is 0 Å². The molecule has 0 atom stereocenters. The predicted molar refractivity (Wildman–Crippen MR) is 354 cm³/mol. The molecule has 78 heavy (non-hydrogen) atoms. The summed E-state index contributed by atoms with van der Waals surface area (Å²) in [5.41, 5.74) is -5.31. The van der Waals surface area contributed by atoms with Gasteiger partial charge in [-0.15, -0.1) is 60.1 Å². The van der Waals surface area contributed by atoms with Crippen LogP contribution in [0.3, 0.4) is 0 Å². The fourth-order valence-corrected chi connectivity index (χ4v) is 10.0. The van der Waals surface area contributed by atoms with Crippen molar-refractivity contribution in [2.45, 2.75) is 0 Å². The molecule has 0 aliphatic rings. The minimum absolute atomic E-state index is 0.0000844. The summed E-state index contributed by atoms with van der Waals surface area (Å²) < 4.78 is 8.01. The molecule has 290 valence electrons. The summed E-state index contributed by atoms with van der Waals surface area (Å²) in [5.74, 6) is -0.878. The largest absolute Gasteiger partial charge is 0.457 e. The van der Waals surface area contributed by atoms with Gasteiger partial charge in [0, 0.05) is 44.2 Å². The van der Waals surface area contributed by atoms with Gasteiger partial charge in [0.05, 0.1) is 0 Å². The normalized spacial score (nSPS) is 11.7. The standard InChI is InChI=1S/C45B28N4O/c46-10-2(1-11(47)24(60)31(67)25(61)12(1)48)22(58)38-3(13(10)49)4-14(50)26(62)34(70)36(72)39(4)77(38)40-35(71)16(52)6-5-15(51)17(53)9(23(59)41(5)78-42(6)37(40)73)45-75-43(7-18(54)27(63)32(68)28(64)19(7)55)74-44(76-45)8-20(56)29(65)33(69)30(66)21(8)57. The first kappa shape index (κ1) is 56.3. The second-order valence-electron chi connectivity index (χ2n) is 18.4. The Kier molecular flexibility index (Phi) is 13.9. The van der Waals surface area contributed by atoms with E-state index in [0.29, 0.717) is 0 Å². The third-order valence-corrected chi connectivity index (χ3v) is 14.4. The van der Waals surface area contributed by atoms with Crippen molar-refractivity contribution >= 4 is 416 Å². The lowest BCUT2D eigenvalue weighted by Gasteiger charge is -2.27. The lowest BCUT2D eigenvalue weighted by Crippen LogP contribution is -2.56. The first-order valence-electron chi connectivity index (χ1n) is 22.5. The number of rotatable bonds is 5. The van der Waals surface area contributed by atoms with Gasteiger partial charge in [-0.1, -0.05) is 81.9 Å². The molecule has 0 aliphatic carbocycles. The van der Waals surface area contributed by atoms with Crippen LogP contribution >= 0.6 is 0 Å². The van der Waals surface area contributed by atoms with Crippen molar-refractivity contribution < 1.29 is 4.42 Å². The van der Waals surface area contributed by atoms with Crippen molar-refractivity contribution in [3.8, 4) is 51.0 Å². The van der Waals surface area contributed by atoms with E-state index in [2.05, 4.69) is 4.98 Å². The molecule has 3 aromatic heterocycles. The summed E-state index contributed by atoms with van der Waals surface area (Å²) in [6.07, 6.45) is 0. The first-order chi connectivity index (χ1) is 36.4. The molecule has 0 aliphatic heterocycles. The van der Waals surface area contributed by atoms with E-state index in [4.69, 9.17) is 234 Å². The number of fused-ring (bicyclic) bond motifs is 6. The highest BCUT2D eigenvalue weighted by atomic mass is 16.3. The maximum Gasteiger partial charge on any atom is 0.163 e. The van der Waals surface area contributed by atoms with Gasteiger partial charge in [0.15, 0.2) is 17.5 Å². The molecule has 3 heterocycles. The molecule has 0 saturated heterocycles. The van der Waals surface area contributed by atoms with Crippen molar-refractivity contribution in [1.29, 1.82) is 0 Å². The maximum absolute atomic E-state index is 7.22. The van der Waals surface area contributed by atoms with Crippen LogP contribution in [0.1, 0.15) is 0 Å². The second kappa shape index (κ2) is 19.3. The quantitative estimate of drug-likeness (QED) is 0.161. The third-order valence-electron chi connectivity index (χ3n) is 14.4. The lowest BCUT2D eigenvalue weighted by atomic mass is 9.57. The fraction of sp³-hybridized carbons (Fsp3) is 0. The van der Waals surface area contributed by atoms with Gasteiger partial charge in [-0.25, -0.2) is 15.0 Å². The molecule has 33 heteroatoms. The summed E-state index contributed by atoms with van der Waals surface area (Å²) in [5, 5.41) is 0.275. The van der Waals surface area contributed by atoms with Crippen LogP contribution in [-0.4, -0.2) is 239 Å². The average molecular weight is 915 g/mol.